The number of likely N-dealkylation sites (N-methyl/N-ethyl adjacent to an activating group) is 1. The summed E-state index contributed by atoms with van der Waals surface area (Å²) < 4.78 is 6.32. The molecule has 1 aromatic rings. The molecular weight excluding hydrogens is 406 g/mol. The molecular formula is C25H35N3O4. The Morgan fingerprint density at radius 1 is 1.38 bits per heavy atom. The first-order chi connectivity index (χ1) is 15.4. The summed E-state index contributed by atoms with van der Waals surface area (Å²) in [5.41, 5.74) is 2.60. The van der Waals surface area contributed by atoms with Gasteiger partial charge in [-0.05, 0) is 56.2 Å². The molecule has 0 unspecified atom stereocenters. The van der Waals surface area contributed by atoms with E-state index in [0.717, 1.165) is 44.1 Å². The topological polar surface area (TPSA) is 83.0 Å². The highest BCUT2D eigenvalue weighted by molar-refractivity contribution is 5.97. The summed E-state index contributed by atoms with van der Waals surface area (Å²) in [6, 6.07) is 1.56. The van der Waals surface area contributed by atoms with Crippen LogP contribution in [0.1, 0.15) is 68.3 Å². The first kappa shape index (κ1) is 22.8. The van der Waals surface area contributed by atoms with Crippen molar-refractivity contribution in [2.24, 2.45) is 11.8 Å². The highest BCUT2D eigenvalue weighted by Crippen LogP contribution is 2.33. The summed E-state index contributed by atoms with van der Waals surface area (Å²) in [5, 5.41) is 9.80. The van der Waals surface area contributed by atoms with E-state index >= 15 is 0 Å². The van der Waals surface area contributed by atoms with Crippen molar-refractivity contribution >= 4 is 17.4 Å². The second-order valence-corrected chi connectivity index (χ2v) is 9.67. The number of carbonyl (C=O) groups is 2. The number of hydrogen-bond acceptors (Lipinski definition) is 5. The summed E-state index contributed by atoms with van der Waals surface area (Å²) in [7, 11) is 1.83. The van der Waals surface area contributed by atoms with E-state index in [2.05, 4.69) is 11.1 Å². The molecule has 32 heavy (non-hydrogen) atoms. The Kier molecular flexibility index (Phi) is 6.84. The maximum absolute atomic E-state index is 13.5. The predicted octanol–water partition coefficient (Wildman–Crippen LogP) is 3.13. The Hall–Kier alpha value is -2.41. The van der Waals surface area contributed by atoms with Crippen molar-refractivity contribution in [2.45, 2.75) is 64.5 Å². The third kappa shape index (κ3) is 4.53. The van der Waals surface area contributed by atoms with Gasteiger partial charge in [0.05, 0.1) is 19.2 Å². The first-order valence-corrected chi connectivity index (χ1v) is 11.9. The zero-order valence-electron chi connectivity index (χ0n) is 19.4. The van der Waals surface area contributed by atoms with Gasteiger partial charge in [0.15, 0.2) is 0 Å². The zero-order chi connectivity index (χ0) is 22.8. The molecule has 2 heterocycles. The van der Waals surface area contributed by atoms with Gasteiger partial charge >= 0.3 is 0 Å². The van der Waals surface area contributed by atoms with Crippen LogP contribution in [0, 0.1) is 11.8 Å². The molecule has 0 aromatic carbocycles. The third-order valence-corrected chi connectivity index (χ3v) is 7.22. The van der Waals surface area contributed by atoms with E-state index in [0.29, 0.717) is 24.5 Å². The quantitative estimate of drug-likeness (QED) is 0.733. The Bertz CT molecular complexity index is 895. The van der Waals surface area contributed by atoms with Crippen LogP contribution in [0.4, 0.5) is 0 Å². The standard InChI is InChI=1S/C25H35N3O4/c1-16-13-28(17(2)15-29)25(31)21-11-20(18-7-4-5-8-18)12-26-23(21)32-22(16)14-27(3)24(30)19-9-6-10-19/h7,11-12,16-17,19,22,29H,4-6,8-10,13-15H2,1-3H3/t16-,17-,22+/m1/s1. The van der Waals surface area contributed by atoms with Crippen molar-refractivity contribution in [3.8, 4) is 5.88 Å². The average molecular weight is 442 g/mol. The van der Waals surface area contributed by atoms with Gasteiger partial charge in [0.1, 0.15) is 11.7 Å². The van der Waals surface area contributed by atoms with Crippen LogP contribution in [0.25, 0.3) is 5.57 Å². The second-order valence-electron chi connectivity index (χ2n) is 9.67. The number of hydrogen-bond donors (Lipinski definition) is 1. The minimum atomic E-state index is -0.319. The van der Waals surface area contributed by atoms with Crippen molar-refractivity contribution in [3.05, 3.63) is 29.5 Å². The molecule has 1 aromatic heterocycles. The van der Waals surface area contributed by atoms with Crippen molar-refractivity contribution in [1.82, 2.24) is 14.8 Å². The van der Waals surface area contributed by atoms with E-state index in [1.165, 1.54) is 5.57 Å². The van der Waals surface area contributed by atoms with Crippen LogP contribution in [0.3, 0.4) is 0 Å². The molecule has 0 bridgehead atoms. The molecule has 3 atom stereocenters. The number of rotatable bonds is 6. The Morgan fingerprint density at radius 2 is 2.16 bits per heavy atom. The normalized spacial score (nSPS) is 24.6. The van der Waals surface area contributed by atoms with Crippen molar-refractivity contribution in [3.63, 3.8) is 0 Å². The lowest BCUT2D eigenvalue weighted by molar-refractivity contribution is -0.138. The molecule has 1 N–H and O–H groups in total. The lowest BCUT2D eigenvalue weighted by Crippen LogP contribution is -2.51. The number of carbonyl (C=O) groups excluding carboxylic acids is 2. The van der Waals surface area contributed by atoms with Gasteiger partial charge in [0.25, 0.3) is 5.91 Å². The lowest BCUT2D eigenvalue weighted by atomic mass is 9.84. The molecule has 0 saturated heterocycles. The van der Waals surface area contributed by atoms with Gasteiger partial charge in [-0.1, -0.05) is 19.4 Å². The summed E-state index contributed by atoms with van der Waals surface area (Å²) in [6.07, 6.45) is 9.89. The van der Waals surface area contributed by atoms with Crippen molar-refractivity contribution < 1.29 is 19.4 Å². The fraction of sp³-hybridized carbons (Fsp3) is 0.640. The van der Waals surface area contributed by atoms with Crippen molar-refractivity contribution in [1.29, 1.82) is 0 Å². The van der Waals surface area contributed by atoms with E-state index in [1.807, 2.05) is 27.0 Å². The molecule has 1 saturated carbocycles. The highest BCUT2D eigenvalue weighted by atomic mass is 16.5. The van der Waals surface area contributed by atoms with Crippen LogP contribution < -0.4 is 4.74 Å². The van der Waals surface area contributed by atoms with Crippen LogP contribution in [0.2, 0.25) is 0 Å². The van der Waals surface area contributed by atoms with Crippen LogP contribution in [0.5, 0.6) is 5.88 Å². The SMILES string of the molecule is C[C@@H]1CN([C@H](C)CO)C(=O)c2cc(C3=CCCC3)cnc2O[C@H]1CN(C)C(=O)C1CCC1. The average Bonchev–Trinajstić information content (AvgIpc) is 3.29. The first-order valence-electron chi connectivity index (χ1n) is 11.9. The van der Waals surface area contributed by atoms with Gasteiger partial charge in [0, 0.05) is 31.6 Å². The zero-order valence-corrected chi connectivity index (χ0v) is 19.4. The maximum atomic E-state index is 13.5. The van der Waals surface area contributed by atoms with Crippen LogP contribution >= 0.6 is 0 Å². The lowest BCUT2D eigenvalue weighted by Gasteiger charge is -2.38. The van der Waals surface area contributed by atoms with Crippen molar-refractivity contribution in [2.75, 3.05) is 26.7 Å². The van der Waals surface area contributed by atoms with Gasteiger partial charge in [-0.25, -0.2) is 4.98 Å². The minimum Gasteiger partial charge on any atom is -0.472 e. The molecule has 0 radical (unpaired) electrons. The molecule has 4 rings (SSSR count). The largest absolute Gasteiger partial charge is 0.472 e. The van der Waals surface area contributed by atoms with Gasteiger partial charge in [0.2, 0.25) is 11.8 Å². The smallest absolute Gasteiger partial charge is 0.259 e. The number of aliphatic hydroxyl groups is 1. The number of fused-ring (bicyclic) bond motifs is 1. The third-order valence-electron chi connectivity index (χ3n) is 7.22. The Labute approximate surface area is 190 Å². The molecule has 7 nitrogen and oxygen atoms in total. The number of amides is 2. The van der Waals surface area contributed by atoms with E-state index in [4.69, 9.17) is 4.74 Å². The number of allylic oxidation sites excluding steroid dienone is 2. The van der Waals surface area contributed by atoms with E-state index in [-0.39, 0.29) is 42.4 Å². The van der Waals surface area contributed by atoms with Crippen LogP contribution in [0.15, 0.2) is 18.3 Å². The van der Waals surface area contributed by atoms with Crippen LogP contribution in [-0.4, -0.2) is 70.6 Å². The number of aromatic nitrogens is 1. The second kappa shape index (κ2) is 9.61. The number of ether oxygens (including phenoxy) is 1. The summed E-state index contributed by atoms with van der Waals surface area (Å²) in [4.78, 5) is 34.3. The number of pyridine rings is 1. The Morgan fingerprint density at radius 3 is 2.78 bits per heavy atom. The van der Waals surface area contributed by atoms with E-state index in [9.17, 15) is 14.7 Å². The molecule has 3 aliphatic rings. The summed E-state index contributed by atoms with van der Waals surface area (Å²) in [6.45, 7) is 4.66. The highest BCUT2D eigenvalue weighted by Gasteiger charge is 2.36. The number of aliphatic hydroxyl groups excluding tert-OH is 1. The van der Waals surface area contributed by atoms with Gasteiger partial charge in [-0.2, -0.15) is 0 Å². The van der Waals surface area contributed by atoms with Gasteiger partial charge < -0.3 is 19.6 Å². The molecule has 1 fully saturated rings. The van der Waals surface area contributed by atoms with Gasteiger partial charge in [-0.3, -0.25) is 9.59 Å². The minimum absolute atomic E-state index is 0.0308. The summed E-state index contributed by atoms with van der Waals surface area (Å²) >= 11 is 0. The molecule has 174 valence electrons. The fourth-order valence-corrected chi connectivity index (χ4v) is 4.76. The van der Waals surface area contributed by atoms with E-state index in [1.54, 1.807) is 16.0 Å². The number of nitrogens with zero attached hydrogens (tertiary/aromatic N) is 3. The molecule has 1 aliphatic heterocycles. The predicted molar refractivity (Wildman–Crippen MR) is 122 cm³/mol. The fourth-order valence-electron chi connectivity index (χ4n) is 4.76. The molecule has 2 aliphatic carbocycles. The van der Waals surface area contributed by atoms with Crippen LogP contribution in [-0.2, 0) is 4.79 Å². The molecule has 7 heteroatoms. The molecule has 0 spiro atoms. The maximum Gasteiger partial charge on any atom is 0.259 e. The molecule has 2 amide bonds. The Balaban J connectivity index is 1.64. The van der Waals surface area contributed by atoms with Gasteiger partial charge in [-0.15, -0.1) is 0 Å². The summed E-state index contributed by atoms with van der Waals surface area (Å²) in [5.74, 6) is 0.412. The van der Waals surface area contributed by atoms with E-state index < -0.39 is 0 Å². The monoisotopic (exact) mass is 441 g/mol.